The van der Waals surface area contributed by atoms with Gasteiger partial charge in [0.1, 0.15) is 0 Å². The van der Waals surface area contributed by atoms with Gasteiger partial charge >= 0.3 is 0 Å². The van der Waals surface area contributed by atoms with Crippen molar-refractivity contribution in [2.45, 2.75) is 0 Å². The van der Waals surface area contributed by atoms with E-state index in [1.165, 1.54) is 11.1 Å². The molecular formula is C18H24N2O2. The minimum atomic E-state index is 0.640. The zero-order chi connectivity index (χ0) is 15.3. The van der Waals surface area contributed by atoms with Gasteiger partial charge in [-0.3, -0.25) is 0 Å². The summed E-state index contributed by atoms with van der Waals surface area (Å²) in [5.74, 6) is 0. The highest BCUT2D eigenvalue weighted by atomic mass is 16.5. The normalized spacial score (nSPS) is 14.9. The van der Waals surface area contributed by atoms with Crippen molar-refractivity contribution in [2.24, 2.45) is 0 Å². The van der Waals surface area contributed by atoms with Crippen molar-refractivity contribution in [3.63, 3.8) is 0 Å². The van der Waals surface area contributed by atoms with Gasteiger partial charge in [0.25, 0.3) is 0 Å². The van der Waals surface area contributed by atoms with Gasteiger partial charge in [0.15, 0.2) is 0 Å². The van der Waals surface area contributed by atoms with Gasteiger partial charge in [-0.25, -0.2) is 0 Å². The highest BCUT2D eigenvalue weighted by Crippen LogP contribution is 1.99. The Hall–Kier alpha value is -1.64. The van der Waals surface area contributed by atoms with Gasteiger partial charge in [-0.1, -0.05) is 12.2 Å². The van der Waals surface area contributed by atoms with Crippen molar-refractivity contribution >= 4 is 0 Å². The van der Waals surface area contributed by atoms with Crippen molar-refractivity contribution < 1.29 is 9.47 Å². The molecule has 0 aliphatic heterocycles. The molecular weight excluding hydrogens is 276 g/mol. The third-order valence-electron chi connectivity index (χ3n) is 3.17. The van der Waals surface area contributed by atoms with E-state index in [1.54, 1.807) is 0 Å². The molecule has 0 aromatic heterocycles. The first-order valence-corrected chi connectivity index (χ1v) is 7.76. The van der Waals surface area contributed by atoms with E-state index in [1.807, 2.05) is 24.3 Å². The summed E-state index contributed by atoms with van der Waals surface area (Å²) in [7, 11) is 0. The number of hydrogen-bond acceptors (Lipinski definition) is 4. The Labute approximate surface area is 132 Å². The van der Waals surface area contributed by atoms with Crippen LogP contribution in [0, 0.1) is 0 Å². The first kappa shape index (κ1) is 16.7. The van der Waals surface area contributed by atoms with Gasteiger partial charge in [-0.15, -0.1) is 11.5 Å². The van der Waals surface area contributed by atoms with Crippen LogP contribution in [0.4, 0.5) is 0 Å². The Morgan fingerprint density at radius 1 is 0.727 bits per heavy atom. The van der Waals surface area contributed by atoms with Gasteiger partial charge in [0, 0.05) is 37.3 Å². The van der Waals surface area contributed by atoms with Crippen molar-refractivity contribution in [2.75, 3.05) is 52.6 Å². The van der Waals surface area contributed by atoms with Crippen LogP contribution in [0.5, 0.6) is 0 Å². The van der Waals surface area contributed by atoms with E-state index < -0.39 is 0 Å². The number of ether oxygens (including phenoxy) is 2. The van der Waals surface area contributed by atoms with Crippen LogP contribution in [0.2, 0.25) is 0 Å². The quantitative estimate of drug-likeness (QED) is 0.400. The second-order valence-corrected chi connectivity index (χ2v) is 4.97. The van der Waals surface area contributed by atoms with Crippen molar-refractivity contribution in [1.29, 1.82) is 0 Å². The molecule has 0 atom stereocenters. The molecule has 4 heteroatoms. The third kappa shape index (κ3) is 7.39. The van der Waals surface area contributed by atoms with Crippen LogP contribution in [0.1, 0.15) is 0 Å². The van der Waals surface area contributed by atoms with E-state index in [0.29, 0.717) is 26.4 Å². The monoisotopic (exact) mass is 300 g/mol. The lowest BCUT2D eigenvalue weighted by molar-refractivity contribution is 0.0503. The maximum atomic E-state index is 5.50. The van der Waals surface area contributed by atoms with E-state index in [0.717, 1.165) is 26.2 Å². The van der Waals surface area contributed by atoms with Crippen LogP contribution in [0.15, 0.2) is 59.1 Å². The minimum Gasteiger partial charge on any atom is -0.378 e. The smallest absolute Gasteiger partial charge is 0.0701 e. The van der Waals surface area contributed by atoms with Gasteiger partial charge in [0.2, 0.25) is 0 Å². The predicted octanol–water partition coefficient (Wildman–Crippen LogP) is 1.50. The summed E-state index contributed by atoms with van der Waals surface area (Å²) < 4.78 is 11.0. The number of rotatable bonds is 13. The van der Waals surface area contributed by atoms with Crippen LogP contribution < -0.4 is 10.6 Å². The van der Waals surface area contributed by atoms with Gasteiger partial charge in [-0.05, 0) is 24.3 Å². The van der Waals surface area contributed by atoms with E-state index in [2.05, 4.69) is 34.2 Å². The summed E-state index contributed by atoms with van der Waals surface area (Å²) in [6.07, 6.45) is 12.0. The fraction of sp³-hybridized carbons (Fsp3) is 0.444. The Kier molecular flexibility index (Phi) is 8.36. The molecule has 0 heterocycles. The molecule has 0 aromatic rings. The largest absolute Gasteiger partial charge is 0.378 e. The first-order chi connectivity index (χ1) is 10.9. The number of allylic oxidation sites excluding steroid dienone is 2. The zero-order valence-electron chi connectivity index (χ0n) is 12.9. The molecule has 0 aromatic carbocycles. The highest BCUT2D eigenvalue weighted by molar-refractivity contribution is 5.30. The molecule has 22 heavy (non-hydrogen) atoms. The Morgan fingerprint density at radius 2 is 1.23 bits per heavy atom. The summed E-state index contributed by atoms with van der Waals surface area (Å²) >= 11 is 0. The van der Waals surface area contributed by atoms with Crippen LogP contribution >= 0.6 is 0 Å². The van der Waals surface area contributed by atoms with Gasteiger partial charge in [-0.2, -0.15) is 0 Å². The SMILES string of the molecule is C1=CC=CC=1CNCCOCCOCCNCC1=C=CC=C1. The third-order valence-corrected chi connectivity index (χ3v) is 3.17. The summed E-state index contributed by atoms with van der Waals surface area (Å²) in [4.78, 5) is 0. The number of hydrogen-bond donors (Lipinski definition) is 2. The molecule has 0 bridgehead atoms. The highest BCUT2D eigenvalue weighted by Gasteiger charge is 1.96. The second kappa shape index (κ2) is 11.0. The maximum Gasteiger partial charge on any atom is 0.0701 e. The fourth-order valence-electron chi connectivity index (χ4n) is 2.01. The molecule has 4 nitrogen and oxygen atoms in total. The molecule has 2 aliphatic rings. The molecule has 0 unspecified atom stereocenters. The molecule has 2 rings (SSSR count). The topological polar surface area (TPSA) is 42.5 Å². The molecule has 118 valence electrons. The fourth-order valence-corrected chi connectivity index (χ4v) is 2.01. The zero-order valence-corrected chi connectivity index (χ0v) is 12.9. The summed E-state index contributed by atoms with van der Waals surface area (Å²) in [5, 5.41) is 6.62. The molecule has 2 N–H and O–H groups in total. The van der Waals surface area contributed by atoms with Crippen molar-refractivity contribution in [3.05, 3.63) is 59.1 Å². The standard InChI is InChI=1S/C18H24N2O2/c1-2-6-17(5-1)15-19-9-11-21-13-14-22-12-10-20-16-18-7-3-4-8-18/h1-5,7,19-20H,9-16H2. The number of nitrogens with one attached hydrogen (secondary N) is 2. The minimum absolute atomic E-state index is 0.640. The van der Waals surface area contributed by atoms with Crippen LogP contribution in [0.3, 0.4) is 0 Å². The van der Waals surface area contributed by atoms with E-state index >= 15 is 0 Å². The predicted molar refractivity (Wildman–Crippen MR) is 88.8 cm³/mol. The summed E-state index contributed by atoms with van der Waals surface area (Å²) in [6, 6.07) is 0. The first-order valence-electron chi connectivity index (χ1n) is 7.76. The average molecular weight is 300 g/mol. The second-order valence-electron chi connectivity index (χ2n) is 4.97. The van der Waals surface area contributed by atoms with Gasteiger partial charge < -0.3 is 20.1 Å². The lowest BCUT2D eigenvalue weighted by atomic mass is 10.3. The van der Waals surface area contributed by atoms with Crippen LogP contribution in [-0.2, 0) is 9.47 Å². The molecule has 0 radical (unpaired) electrons. The van der Waals surface area contributed by atoms with Crippen LogP contribution in [0.25, 0.3) is 0 Å². The van der Waals surface area contributed by atoms with Crippen LogP contribution in [-0.4, -0.2) is 52.6 Å². The molecule has 0 saturated heterocycles. The van der Waals surface area contributed by atoms with E-state index in [9.17, 15) is 0 Å². The lowest BCUT2D eigenvalue weighted by Crippen LogP contribution is -2.23. The van der Waals surface area contributed by atoms with Crippen molar-refractivity contribution in [3.8, 4) is 0 Å². The lowest BCUT2D eigenvalue weighted by Gasteiger charge is -2.07. The molecule has 0 amide bonds. The average Bonchev–Trinajstić information content (AvgIpc) is 3.21. The van der Waals surface area contributed by atoms with E-state index in [4.69, 9.17) is 9.47 Å². The molecule has 0 fully saturated rings. The molecule has 2 aliphatic carbocycles. The summed E-state index contributed by atoms with van der Waals surface area (Å²) in [5.41, 5.74) is 8.68. The summed E-state index contributed by atoms with van der Waals surface area (Å²) in [6.45, 7) is 6.07. The molecule has 0 saturated carbocycles. The Morgan fingerprint density at radius 3 is 1.64 bits per heavy atom. The maximum absolute atomic E-state index is 5.50. The van der Waals surface area contributed by atoms with E-state index in [-0.39, 0.29) is 0 Å². The Balaban J connectivity index is 1.28. The van der Waals surface area contributed by atoms with Crippen molar-refractivity contribution in [1.82, 2.24) is 10.6 Å². The Bertz CT molecular complexity index is 471. The van der Waals surface area contributed by atoms with Gasteiger partial charge in [0.05, 0.1) is 26.4 Å². The molecule has 0 spiro atoms.